The predicted octanol–water partition coefficient (Wildman–Crippen LogP) is 2.28. The molecule has 0 unspecified atom stereocenters. The maximum Gasteiger partial charge on any atom is -0.000653 e. The first-order valence-electron chi connectivity index (χ1n) is 9.13. The lowest BCUT2D eigenvalue weighted by Crippen LogP contribution is -2.33. The Morgan fingerprint density at radius 3 is 1.19 bits per heavy atom. The summed E-state index contributed by atoms with van der Waals surface area (Å²) in [5, 5.41) is 0. The summed E-state index contributed by atoms with van der Waals surface area (Å²) < 4.78 is 0. The summed E-state index contributed by atoms with van der Waals surface area (Å²) in [5.41, 5.74) is 11.3. The van der Waals surface area contributed by atoms with E-state index in [9.17, 15) is 0 Å². The Kier molecular flexibility index (Phi) is 16.1. The Morgan fingerprint density at radius 2 is 0.857 bits per heavy atom. The third-order valence-corrected chi connectivity index (χ3v) is 3.96. The summed E-state index contributed by atoms with van der Waals surface area (Å²) in [5.74, 6) is 0. The molecule has 21 heavy (non-hydrogen) atoms. The van der Waals surface area contributed by atoms with E-state index >= 15 is 0 Å². The molecule has 128 valence electrons. The second-order valence-corrected chi connectivity index (χ2v) is 6.03. The molecule has 0 atom stereocenters. The van der Waals surface area contributed by atoms with Crippen molar-refractivity contribution >= 4 is 0 Å². The average Bonchev–Trinajstić information content (AvgIpc) is 2.51. The third kappa shape index (κ3) is 13.2. The molecule has 0 saturated carbocycles. The van der Waals surface area contributed by atoms with E-state index in [1.807, 2.05) is 0 Å². The van der Waals surface area contributed by atoms with Crippen molar-refractivity contribution in [1.29, 1.82) is 0 Å². The molecule has 0 heterocycles. The van der Waals surface area contributed by atoms with E-state index in [1.54, 1.807) is 0 Å². The Labute approximate surface area is 133 Å². The van der Waals surface area contributed by atoms with Crippen molar-refractivity contribution in [3.63, 3.8) is 0 Å². The van der Waals surface area contributed by atoms with Gasteiger partial charge in [0.2, 0.25) is 0 Å². The van der Waals surface area contributed by atoms with Gasteiger partial charge >= 0.3 is 0 Å². The van der Waals surface area contributed by atoms with Crippen molar-refractivity contribution < 1.29 is 0 Å². The molecule has 4 N–H and O–H groups in total. The van der Waals surface area contributed by atoms with Crippen LogP contribution in [0.1, 0.15) is 58.8 Å². The van der Waals surface area contributed by atoms with E-state index in [-0.39, 0.29) is 0 Å². The maximum absolute atomic E-state index is 5.63. The van der Waals surface area contributed by atoms with Gasteiger partial charge in [0.1, 0.15) is 0 Å². The van der Waals surface area contributed by atoms with Gasteiger partial charge in [-0.1, -0.05) is 26.7 Å². The number of rotatable bonds is 16. The van der Waals surface area contributed by atoms with Crippen LogP contribution in [0.4, 0.5) is 0 Å². The van der Waals surface area contributed by atoms with Crippen LogP contribution < -0.4 is 11.5 Å². The molecule has 0 aromatic heterocycles. The first-order valence-corrected chi connectivity index (χ1v) is 9.13. The number of hydrogen-bond donors (Lipinski definition) is 2. The third-order valence-electron chi connectivity index (χ3n) is 3.96. The van der Waals surface area contributed by atoms with Crippen LogP contribution in [-0.2, 0) is 0 Å². The lowest BCUT2D eigenvalue weighted by atomic mass is 10.2. The van der Waals surface area contributed by atoms with Crippen molar-refractivity contribution in [2.45, 2.75) is 58.8 Å². The van der Waals surface area contributed by atoms with Crippen LogP contribution in [0.15, 0.2) is 0 Å². The zero-order chi connectivity index (χ0) is 15.8. The van der Waals surface area contributed by atoms with Gasteiger partial charge in [0.05, 0.1) is 0 Å². The maximum atomic E-state index is 5.63. The van der Waals surface area contributed by atoms with Gasteiger partial charge in [-0.05, 0) is 84.5 Å². The fraction of sp³-hybridized carbons (Fsp3) is 1.00. The second kappa shape index (κ2) is 16.2. The van der Waals surface area contributed by atoms with Crippen molar-refractivity contribution in [1.82, 2.24) is 9.80 Å². The second-order valence-electron chi connectivity index (χ2n) is 6.03. The summed E-state index contributed by atoms with van der Waals surface area (Å²) in [6, 6.07) is 0. The highest BCUT2D eigenvalue weighted by molar-refractivity contribution is 4.63. The minimum Gasteiger partial charge on any atom is -0.330 e. The SMILES string of the molecule is CCCCN(CCCC)CCCN(CCCN)CCCN. The Balaban J connectivity index is 3.96. The van der Waals surface area contributed by atoms with E-state index in [4.69, 9.17) is 11.5 Å². The van der Waals surface area contributed by atoms with Crippen LogP contribution in [0.25, 0.3) is 0 Å². The summed E-state index contributed by atoms with van der Waals surface area (Å²) in [6.45, 7) is 13.3. The lowest BCUT2D eigenvalue weighted by molar-refractivity contribution is 0.220. The van der Waals surface area contributed by atoms with E-state index in [0.29, 0.717) is 0 Å². The van der Waals surface area contributed by atoms with Gasteiger partial charge in [0.25, 0.3) is 0 Å². The fourth-order valence-corrected chi connectivity index (χ4v) is 2.58. The van der Waals surface area contributed by atoms with Gasteiger partial charge in [0.15, 0.2) is 0 Å². The van der Waals surface area contributed by atoms with Gasteiger partial charge in [-0.15, -0.1) is 0 Å². The minimum absolute atomic E-state index is 0.790. The smallest absolute Gasteiger partial charge is 0.000653 e. The van der Waals surface area contributed by atoms with E-state index < -0.39 is 0 Å². The molecule has 0 bridgehead atoms. The summed E-state index contributed by atoms with van der Waals surface area (Å²) in [7, 11) is 0. The van der Waals surface area contributed by atoms with Crippen LogP contribution in [-0.4, -0.2) is 62.2 Å². The Morgan fingerprint density at radius 1 is 0.524 bits per heavy atom. The van der Waals surface area contributed by atoms with Crippen molar-refractivity contribution in [3.8, 4) is 0 Å². The Hall–Kier alpha value is -0.160. The van der Waals surface area contributed by atoms with E-state index in [1.165, 1.54) is 58.3 Å². The molecular weight excluding hydrogens is 260 g/mol. The van der Waals surface area contributed by atoms with Crippen LogP contribution in [0.2, 0.25) is 0 Å². The quantitative estimate of drug-likeness (QED) is 0.459. The zero-order valence-corrected chi connectivity index (χ0v) is 14.7. The van der Waals surface area contributed by atoms with Crippen molar-refractivity contribution in [3.05, 3.63) is 0 Å². The van der Waals surface area contributed by atoms with Gasteiger partial charge < -0.3 is 21.3 Å². The molecule has 0 rings (SSSR count). The van der Waals surface area contributed by atoms with Gasteiger partial charge in [-0.3, -0.25) is 0 Å². The molecule has 0 aliphatic heterocycles. The lowest BCUT2D eigenvalue weighted by Gasteiger charge is -2.25. The number of nitrogens with zero attached hydrogens (tertiary/aromatic N) is 2. The Bertz CT molecular complexity index is 163. The molecule has 0 aromatic carbocycles. The predicted molar refractivity (Wildman–Crippen MR) is 94.7 cm³/mol. The van der Waals surface area contributed by atoms with Gasteiger partial charge in [-0.2, -0.15) is 0 Å². The largest absolute Gasteiger partial charge is 0.330 e. The zero-order valence-electron chi connectivity index (χ0n) is 14.7. The number of nitrogens with two attached hydrogens (primary N) is 2. The molecule has 0 aromatic rings. The normalized spacial score (nSPS) is 11.7. The van der Waals surface area contributed by atoms with Crippen molar-refractivity contribution in [2.75, 3.05) is 52.4 Å². The molecular formula is C17H40N4. The molecule has 4 nitrogen and oxygen atoms in total. The molecule has 0 amide bonds. The van der Waals surface area contributed by atoms with Gasteiger partial charge in [0, 0.05) is 0 Å². The number of hydrogen-bond acceptors (Lipinski definition) is 4. The monoisotopic (exact) mass is 300 g/mol. The van der Waals surface area contributed by atoms with Crippen LogP contribution >= 0.6 is 0 Å². The highest BCUT2D eigenvalue weighted by Crippen LogP contribution is 2.02. The highest BCUT2D eigenvalue weighted by atomic mass is 15.1. The summed E-state index contributed by atoms with van der Waals surface area (Å²) in [4.78, 5) is 5.19. The summed E-state index contributed by atoms with van der Waals surface area (Å²) >= 11 is 0. The van der Waals surface area contributed by atoms with Crippen LogP contribution in [0, 0.1) is 0 Å². The highest BCUT2D eigenvalue weighted by Gasteiger charge is 2.07. The standard InChI is InChI=1S/C17H40N4/c1-3-5-12-20(13-6-4-2)16-9-17-21(14-7-10-18)15-8-11-19/h3-19H2,1-2H3. The molecule has 0 radical (unpaired) electrons. The average molecular weight is 301 g/mol. The minimum atomic E-state index is 0.790. The first-order chi connectivity index (χ1) is 10.3. The molecule has 0 fully saturated rings. The van der Waals surface area contributed by atoms with Crippen LogP contribution in [0.5, 0.6) is 0 Å². The molecule has 0 spiro atoms. The number of unbranched alkanes of at least 4 members (excludes halogenated alkanes) is 2. The van der Waals surface area contributed by atoms with Crippen LogP contribution in [0.3, 0.4) is 0 Å². The topological polar surface area (TPSA) is 58.5 Å². The first kappa shape index (κ1) is 20.8. The van der Waals surface area contributed by atoms with Gasteiger partial charge in [-0.25, -0.2) is 0 Å². The van der Waals surface area contributed by atoms with Crippen molar-refractivity contribution in [2.24, 2.45) is 11.5 Å². The van der Waals surface area contributed by atoms with E-state index in [2.05, 4.69) is 23.6 Å². The molecule has 0 saturated heterocycles. The molecule has 0 aliphatic rings. The molecule has 4 heteroatoms. The summed E-state index contributed by atoms with van der Waals surface area (Å²) in [6.07, 6.45) is 8.70. The molecule has 0 aliphatic carbocycles. The van der Waals surface area contributed by atoms with E-state index in [0.717, 1.165) is 39.0 Å². The fourth-order valence-electron chi connectivity index (χ4n) is 2.58.